The molecule has 0 radical (unpaired) electrons. The van der Waals surface area contributed by atoms with Gasteiger partial charge in [-0.3, -0.25) is 4.79 Å². The summed E-state index contributed by atoms with van der Waals surface area (Å²) in [5, 5.41) is 4.81. The second kappa shape index (κ2) is 9.66. The quantitative estimate of drug-likeness (QED) is 0.399. The summed E-state index contributed by atoms with van der Waals surface area (Å²) >= 11 is 5.77. The van der Waals surface area contributed by atoms with E-state index in [9.17, 15) is 4.79 Å². The summed E-state index contributed by atoms with van der Waals surface area (Å²) in [7, 11) is 1.63. The van der Waals surface area contributed by atoms with Crippen molar-refractivity contribution in [3.63, 3.8) is 0 Å². The molecule has 0 spiro atoms. The van der Waals surface area contributed by atoms with Gasteiger partial charge >= 0.3 is 0 Å². The molecule has 0 bridgehead atoms. The van der Waals surface area contributed by atoms with Crippen molar-refractivity contribution in [3.8, 4) is 5.75 Å². The molecule has 6 heteroatoms. The van der Waals surface area contributed by atoms with Crippen molar-refractivity contribution < 1.29 is 4.74 Å². The number of benzene rings is 3. The monoisotopic (exact) mass is 443 g/mol. The number of ether oxygens (including phenoxy) is 1. The summed E-state index contributed by atoms with van der Waals surface area (Å²) < 4.78 is 5.45. The number of nitrogens with zero attached hydrogens (tertiary/aromatic N) is 1. The Kier molecular flexibility index (Phi) is 6.52. The van der Waals surface area contributed by atoms with Gasteiger partial charge in [-0.2, -0.15) is 0 Å². The fraction of sp³-hybridized carbons (Fsp3) is 0.154. The number of methoxy groups -OCH3 is 1. The molecule has 0 saturated carbocycles. The minimum absolute atomic E-state index is 0.112. The molecule has 0 aliphatic rings. The third-order valence-corrected chi connectivity index (χ3v) is 5.65. The zero-order valence-corrected chi connectivity index (χ0v) is 18.9. The second-order valence-corrected chi connectivity index (χ2v) is 8.07. The van der Waals surface area contributed by atoms with E-state index < -0.39 is 0 Å². The zero-order valence-electron chi connectivity index (χ0n) is 18.1. The summed E-state index contributed by atoms with van der Waals surface area (Å²) in [6, 6.07) is 25.6. The number of pyridine rings is 1. The number of anilines is 1. The van der Waals surface area contributed by atoms with Gasteiger partial charge in [-0.25, -0.2) is 0 Å². The van der Waals surface area contributed by atoms with E-state index in [1.807, 2.05) is 84.6 Å². The van der Waals surface area contributed by atoms with Crippen molar-refractivity contribution in [1.82, 2.24) is 9.88 Å². The maximum Gasteiger partial charge on any atom is 0.253 e. The molecule has 162 valence electrons. The molecule has 0 amide bonds. The van der Waals surface area contributed by atoms with Crippen molar-refractivity contribution in [2.24, 2.45) is 0 Å². The van der Waals surface area contributed by atoms with Crippen LogP contribution in [0.2, 0.25) is 0 Å². The molecular weight excluding hydrogens is 418 g/mol. The molecule has 0 saturated heterocycles. The Balaban J connectivity index is 1.66. The number of nitrogens with one attached hydrogen (secondary N) is 2. The van der Waals surface area contributed by atoms with E-state index >= 15 is 0 Å². The van der Waals surface area contributed by atoms with Gasteiger partial charge in [-0.15, -0.1) is 0 Å². The number of thiocarbonyl (C=S) groups is 1. The number of fused-ring (bicyclic) bond motifs is 1. The molecule has 4 aromatic rings. The molecule has 0 unspecified atom stereocenters. The zero-order chi connectivity index (χ0) is 22.5. The van der Waals surface area contributed by atoms with Crippen molar-refractivity contribution in [2.75, 3.05) is 12.4 Å². The lowest BCUT2D eigenvalue weighted by atomic mass is 10.1. The first kappa shape index (κ1) is 21.6. The summed E-state index contributed by atoms with van der Waals surface area (Å²) in [6.07, 6.45) is 0. The molecule has 1 aromatic heterocycles. The van der Waals surface area contributed by atoms with Crippen LogP contribution in [-0.4, -0.2) is 22.1 Å². The van der Waals surface area contributed by atoms with Crippen LogP contribution in [0.4, 0.5) is 5.69 Å². The van der Waals surface area contributed by atoms with Crippen LogP contribution in [0.15, 0.2) is 83.7 Å². The van der Waals surface area contributed by atoms with Gasteiger partial charge in [0.2, 0.25) is 0 Å². The molecule has 0 fully saturated rings. The lowest BCUT2D eigenvalue weighted by Crippen LogP contribution is -2.35. The fourth-order valence-corrected chi connectivity index (χ4v) is 3.88. The molecule has 2 N–H and O–H groups in total. The molecule has 3 aromatic carbocycles. The largest absolute Gasteiger partial charge is 0.495 e. The van der Waals surface area contributed by atoms with E-state index in [0.29, 0.717) is 29.5 Å². The number of hydrogen-bond acceptors (Lipinski definition) is 3. The van der Waals surface area contributed by atoms with Crippen LogP contribution in [0.25, 0.3) is 10.9 Å². The molecular formula is C26H25N3O2S. The highest BCUT2D eigenvalue weighted by Crippen LogP contribution is 2.24. The number of rotatable bonds is 6. The highest BCUT2D eigenvalue weighted by molar-refractivity contribution is 7.80. The molecule has 0 atom stereocenters. The van der Waals surface area contributed by atoms with Crippen LogP contribution in [0.3, 0.4) is 0 Å². The SMILES string of the molecule is COc1ccccc1NC(=S)N(Cc1ccccc1)Cc1cc2cc(C)ccc2[nH]c1=O. The molecule has 0 aliphatic heterocycles. The lowest BCUT2D eigenvalue weighted by molar-refractivity contribution is 0.408. The van der Waals surface area contributed by atoms with Crippen LogP contribution < -0.4 is 15.6 Å². The van der Waals surface area contributed by atoms with Crippen LogP contribution >= 0.6 is 12.2 Å². The van der Waals surface area contributed by atoms with Gasteiger partial charge in [-0.05, 0) is 60.4 Å². The third-order valence-electron chi connectivity index (χ3n) is 5.29. The smallest absolute Gasteiger partial charge is 0.253 e. The van der Waals surface area contributed by atoms with E-state index in [-0.39, 0.29) is 5.56 Å². The van der Waals surface area contributed by atoms with E-state index in [2.05, 4.69) is 16.4 Å². The normalized spacial score (nSPS) is 10.7. The number of H-pyrrole nitrogens is 1. The second-order valence-electron chi connectivity index (χ2n) is 7.69. The number of hydrogen-bond donors (Lipinski definition) is 2. The van der Waals surface area contributed by atoms with Crippen LogP contribution in [-0.2, 0) is 13.1 Å². The van der Waals surface area contributed by atoms with Gasteiger partial charge in [0.15, 0.2) is 5.11 Å². The predicted molar refractivity (Wildman–Crippen MR) is 134 cm³/mol. The summed E-state index contributed by atoms with van der Waals surface area (Å²) in [5.41, 5.74) is 4.40. The van der Waals surface area contributed by atoms with Gasteiger partial charge in [0, 0.05) is 17.6 Å². The number of aryl methyl sites for hydroxylation is 1. The Hall–Kier alpha value is -3.64. The summed E-state index contributed by atoms with van der Waals surface area (Å²) in [6.45, 7) is 2.97. The average Bonchev–Trinajstić information content (AvgIpc) is 2.80. The van der Waals surface area contributed by atoms with Gasteiger partial charge < -0.3 is 19.9 Å². The van der Waals surface area contributed by atoms with E-state index in [0.717, 1.165) is 27.7 Å². The number of para-hydroxylation sites is 2. The Morgan fingerprint density at radius 1 is 1.00 bits per heavy atom. The first-order valence-electron chi connectivity index (χ1n) is 10.4. The van der Waals surface area contributed by atoms with Crippen LogP contribution in [0.1, 0.15) is 16.7 Å². The minimum atomic E-state index is -0.112. The number of aromatic amines is 1. The van der Waals surface area contributed by atoms with Gasteiger partial charge in [0.25, 0.3) is 5.56 Å². The predicted octanol–water partition coefficient (Wildman–Crippen LogP) is 5.24. The van der Waals surface area contributed by atoms with Crippen LogP contribution in [0.5, 0.6) is 5.75 Å². The molecule has 32 heavy (non-hydrogen) atoms. The summed E-state index contributed by atoms with van der Waals surface area (Å²) in [5.74, 6) is 0.702. The molecule has 4 rings (SSSR count). The van der Waals surface area contributed by atoms with Gasteiger partial charge in [0.05, 0.1) is 19.3 Å². The van der Waals surface area contributed by atoms with Gasteiger partial charge in [0.1, 0.15) is 5.75 Å². The Morgan fingerprint density at radius 3 is 2.53 bits per heavy atom. The summed E-state index contributed by atoms with van der Waals surface area (Å²) in [4.78, 5) is 17.8. The van der Waals surface area contributed by atoms with E-state index in [1.54, 1.807) is 7.11 Å². The maximum absolute atomic E-state index is 12.8. The van der Waals surface area contributed by atoms with Crippen LogP contribution in [0, 0.1) is 6.92 Å². The Morgan fingerprint density at radius 2 is 1.75 bits per heavy atom. The molecule has 5 nitrogen and oxygen atoms in total. The highest BCUT2D eigenvalue weighted by Gasteiger charge is 2.16. The Labute approximate surface area is 192 Å². The van der Waals surface area contributed by atoms with E-state index in [4.69, 9.17) is 17.0 Å². The van der Waals surface area contributed by atoms with Crippen molar-refractivity contribution in [3.05, 3.63) is 106 Å². The standard InChI is InChI=1S/C26H25N3O2S/c1-18-12-13-22-20(14-18)15-21(25(30)27-22)17-29(16-19-8-4-3-5-9-19)26(32)28-23-10-6-7-11-24(23)31-2/h3-15H,16-17H2,1-2H3,(H,27,30)(H,28,32). The fourth-order valence-electron chi connectivity index (χ4n) is 3.64. The van der Waals surface area contributed by atoms with Gasteiger partial charge in [-0.1, -0.05) is 54.1 Å². The van der Waals surface area contributed by atoms with Crippen molar-refractivity contribution in [2.45, 2.75) is 20.0 Å². The number of aromatic nitrogens is 1. The highest BCUT2D eigenvalue weighted by atomic mass is 32.1. The van der Waals surface area contributed by atoms with Crippen molar-refractivity contribution >= 4 is 33.9 Å². The minimum Gasteiger partial charge on any atom is -0.495 e. The third kappa shape index (κ3) is 4.98. The Bertz CT molecular complexity index is 1300. The first-order chi connectivity index (χ1) is 15.5. The maximum atomic E-state index is 12.8. The topological polar surface area (TPSA) is 57.4 Å². The first-order valence-corrected chi connectivity index (χ1v) is 10.8. The molecule has 0 aliphatic carbocycles. The molecule has 1 heterocycles. The van der Waals surface area contributed by atoms with E-state index in [1.165, 1.54) is 0 Å². The van der Waals surface area contributed by atoms with Crippen molar-refractivity contribution in [1.29, 1.82) is 0 Å². The average molecular weight is 444 g/mol. The lowest BCUT2D eigenvalue weighted by Gasteiger charge is -2.26.